The number of halogens is 1. The highest BCUT2D eigenvalue weighted by molar-refractivity contribution is 6.30. The third-order valence-corrected chi connectivity index (χ3v) is 4.29. The molecule has 1 aliphatic rings. The molecule has 7 heteroatoms. The van der Waals surface area contributed by atoms with Gasteiger partial charge in [-0.2, -0.15) is 0 Å². The van der Waals surface area contributed by atoms with E-state index in [1.54, 1.807) is 18.3 Å². The largest absolute Gasteiger partial charge is 0.378 e. The van der Waals surface area contributed by atoms with Crippen molar-refractivity contribution in [3.63, 3.8) is 0 Å². The zero-order valence-electron chi connectivity index (χ0n) is 14.1. The Morgan fingerprint density at radius 3 is 2.88 bits per heavy atom. The van der Waals surface area contributed by atoms with Gasteiger partial charge in [0.2, 0.25) is 0 Å². The van der Waals surface area contributed by atoms with Gasteiger partial charge in [0.15, 0.2) is 0 Å². The molecule has 1 saturated heterocycles. The van der Waals surface area contributed by atoms with Crippen LogP contribution >= 0.6 is 11.6 Å². The molecule has 2 aromatic rings. The van der Waals surface area contributed by atoms with Crippen LogP contribution in [0.2, 0.25) is 5.02 Å². The number of hydrogen-bond acceptors (Lipinski definition) is 4. The van der Waals surface area contributed by atoms with Gasteiger partial charge >= 0.3 is 6.03 Å². The number of amides is 2. The Morgan fingerprint density at radius 1 is 1.32 bits per heavy atom. The van der Waals surface area contributed by atoms with E-state index >= 15 is 0 Å². The Labute approximate surface area is 152 Å². The number of aryl methyl sites for hydroxylation is 1. The number of carbonyl (C=O) groups excluding carboxylic acids is 1. The second kappa shape index (κ2) is 8.18. The maximum absolute atomic E-state index is 12.2. The van der Waals surface area contributed by atoms with Crippen molar-refractivity contribution < 1.29 is 9.53 Å². The van der Waals surface area contributed by atoms with E-state index in [4.69, 9.17) is 16.3 Å². The molecule has 0 saturated carbocycles. The molecule has 6 nitrogen and oxygen atoms in total. The van der Waals surface area contributed by atoms with Crippen LogP contribution in [-0.4, -0.2) is 37.3 Å². The van der Waals surface area contributed by atoms with Crippen molar-refractivity contribution in [3.05, 3.63) is 52.7 Å². The maximum Gasteiger partial charge on any atom is 0.319 e. The van der Waals surface area contributed by atoms with Crippen molar-refractivity contribution in [2.24, 2.45) is 0 Å². The molecule has 1 aromatic heterocycles. The van der Waals surface area contributed by atoms with Crippen molar-refractivity contribution >= 4 is 29.1 Å². The van der Waals surface area contributed by atoms with E-state index in [1.165, 1.54) is 0 Å². The van der Waals surface area contributed by atoms with Gasteiger partial charge < -0.3 is 20.3 Å². The van der Waals surface area contributed by atoms with Crippen LogP contribution in [0.5, 0.6) is 0 Å². The summed E-state index contributed by atoms with van der Waals surface area (Å²) in [6, 6.07) is 8.95. The van der Waals surface area contributed by atoms with Crippen molar-refractivity contribution in [1.29, 1.82) is 0 Å². The first kappa shape index (κ1) is 17.5. The van der Waals surface area contributed by atoms with Crippen molar-refractivity contribution in [2.75, 3.05) is 36.5 Å². The summed E-state index contributed by atoms with van der Waals surface area (Å²) in [6.45, 7) is 5.30. The third-order valence-electron chi connectivity index (χ3n) is 4.05. The molecule has 0 atom stereocenters. The topological polar surface area (TPSA) is 66.5 Å². The number of benzene rings is 1. The molecule has 0 aliphatic carbocycles. The normalized spacial score (nSPS) is 14.2. The molecule has 2 heterocycles. The van der Waals surface area contributed by atoms with Crippen LogP contribution in [0.4, 0.5) is 16.3 Å². The number of aromatic nitrogens is 1. The van der Waals surface area contributed by atoms with E-state index < -0.39 is 0 Å². The zero-order valence-corrected chi connectivity index (χ0v) is 14.8. The van der Waals surface area contributed by atoms with Gasteiger partial charge in [0.05, 0.1) is 13.2 Å². The van der Waals surface area contributed by atoms with Crippen LogP contribution in [-0.2, 0) is 11.3 Å². The van der Waals surface area contributed by atoms with E-state index in [9.17, 15) is 4.79 Å². The van der Waals surface area contributed by atoms with E-state index in [2.05, 4.69) is 20.5 Å². The molecular formula is C18H21ClN4O2. The Balaban J connectivity index is 1.62. The van der Waals surface area contributed by atoms with Gasteiger partial charge in [-0.15, -0.1) is 0 Å². The number of urea groups is 1. The summed E-state index contributed by atoms with van der Waals surface area (Å²) in [7, 11) is 0. The van der Waals surface area contributed by atoms with Crippen LogP contribution in [0, 0.1) is 6.92 Å². The van der Waals surface area contributed by atoms with E-state index in [0.717, 1.165) is 35.7 Å². The Kier molecular flexibility index (Phi) is 5.73. The van der Waals surface area contributed by atoms with Crippen molar-refractivity contribution in [1.82, 2.24) is 10.3 Å². The highest BCUT2D eigenvalue weighted by Crippen LogP contribution is 2.20. The number of pyridine rings is 1. The highest BCUT2D eigenvalue weighted by atomic mass is 35.5. The fourth-order valence-electron chi connectivity index (χ4n) is 2.74. The van der Waals surface area contributed by atoms with Crippen LogP contribution in [0.15, 0.2) is 36.5 Å². The van der Waals surface area contributed by atoms with Gasteiger partial charge in [0, 0.05) is 42.1 Å². The predicted octanol–water partition coefficient (Wildman–Crippen LogP) is 3.20. The lowest BCUT2D eigenvalue weighted by molar-refractivity contribution is 0.122. The Hall–Kier alpha value is -2.31. The number of hydrogen-bond donors (Lipinski definition) is 2. The Bertz CT molecular complexity index is 748. The van der Waals surface area contributed by atoms with Gasteiger partial charge in [-0.3, -0.25) is 0 Å². The summed E-state index contributed by atoms with van der Waals surface area (Å²) in [4.78, 5) is 18.9. The van der Waals surface area contributed by atoms with Gasteiger partial charge in [0.1, 0.15) is 5.82 Å². The molecule has 0 bridgehead atoms. The fraction of sp³-hybridized carbons (Fsp3) is 0.333. The number of nitrogens with one attached hydrogen (secondary N) is 2. The highest BCUT2D eigenvalue weighted by Gasteiger charge is 2.16. The van der Waals surface area contributed by atoms with Crippen LogP contribution < -0.4 is 15.5 Å². The van der Waals surface area contributed by atoms with E-state index in [0.29, 0.717) is 24.8 Å². The lowest BCUT2D eigenvalue weighted by Gasteiger charge is -2.29. The summed E-state index contributed by atoms with van der Waals surface area (Å²) >= 11 is 5.94. The van der Waals surface area contributed by atoms with Gasteiger partial charge in [-0.05, 0) is 36.8 Å². The molecule has 3 rings (SSSR count). The summed E-state index contributed by atoms with van der Waals surface area (Å²) in [5.74, 6) is 0.897. The molecule has 0 radical (unpaired) electrons. The number of morpholine rings is 1. The van der Waals surface area contributed by atoms with Crippen molar-refractivity contribution in [3.8, 4) is 0 Å². The Morgan fingerprint density at radius 2 is 2.12 bits per heavy atom. The first-order chi connectivity index (χ1) is 12.1. The number of anilines is 2. The monoisotopic (exact) mass is 360 g/mol. The lowest BCUT2D eigenvalue weighted by atomic mass is 10.2. The first-order valence-corrected chi connectivity index (χ1v) is 8.59. The SMILES string of the molecule is Cc1cc(Cl)ccc1NC(=O)NCc1cccnc1N1CCOCC1. The van der Waals surface area contributed by atoms with E-state index in [-0.39, 0.29) is 6.03 Å². The third kappa shape index (κ3) is 4.61. The summed E-state index contributed by atoms with van der Waals surface area (Å²) < 4.78 is 5.39. The maximum atomic E-state index is 12.2. The average Bonchev–Trinajstić information content (AvgIpc) is 2.63. The second-order valence-corrected chi connectivity index (χ2v) is 6.29. The van der Waals surface area contributed by atoms with Crippen molar-refractivity contribution in [2.45, 2.75) is 13.5 Å². The second-order valence-electron chi connectivity index (χ2n) is 5.85. The number of rotatable bonds is 4. The molecule has 1 aromatic carbocycles. The molecular weight excluding hydrogens is 340 g/mol. The minimum absolute atomic E-state index is 0.262. The molecule has 0 unspecified atom stereocenters. The number of nitrogens with zero attached hydrogens (tertiary/aromatic N) is 2. The summed E-state index contributed by atoms with van der Waals surface area (Å²) in [6.07, 6.45) is 1.77. The molecule has 0 spiro atoms. The van der Waals surface area contributed by atoms with Crippen LogP contribution in [0.1, 0.15) is 11.1 Å². The van der Waals surface area contributed by atoms with Gasteiger partial charge in [0.25, 0.3) is 0 Å². The average molecular weight is 361 g/mol. The first-order valence-electron chi connectivity index (χ1n) is 8.21. The van der Waals surface area contributed by atoms with Crippen LogP contribution in [0.25, 0.3) is 0 Å². The van der Waals surface area contributed by atoms with Crippen LogP contribution in [0.3, 0.4) is 0 Å². The minimum atomic E-state index is -0.262. The smallest absolute Gasteiger partial charge is 0.319 e. The molecule has 25 heavy (non-hydrogen) atoms. The van der Waals surface area contributed by atoms with E-state index in [1.807, 2.05) is 25.1 Å². The zero-order chi connectivity index (χ0) is 17.6. The molecule has 1 aliphatic heterocycles. The fourth-order valence-corrected chi connectivity index (χ4v) is 2.96. The quantitative estimate of drug-likeness (QED) is 0.878. The standard InChI is InChI=1S/C18H21ClN4O2/c1-13-11-15(19)4-5-16(13)22-18(24)21-12-14-3-2-6-20-17(14)23-7-9-25-10-8-23/h2-6,11H,7-10,12H2,1H3,(H2,21,22,24). The minimum Gasteiger partial charge on any atom is -0.378 e. The molecule has 2 amide bonds. The molecule has 1 fully saturated rings. The summed E-state index contributed by atoms with van der Waals surface area (Å²) in [5.41, 5.74) is 2.63. The number of carbonyl (C=O) groups is 1. The number of ether oxygens (including phenoxy) is 1. The predicted molar refractivity (Wildman–Crippen MR) is 99.3 cm³/mol. The summed E-state index contributed by atoms with van der Waals surface area (Å²) in [5, 5.41) is 6.38. The van der Waals surface area contributed by atoms with Gasteiger partial charge in [-0.1, -0.05) is 17.7 Å². The molecule has 2 N–H and O–H groups in total. The van der Waals surface area contributed by atoms with Gasteiger partial charge in [-0.25, -0.2) is 9.78 Å². The lowest BCUT2D eigenvalue weighted by Crippen LogP contribution is -2.38. The molecule has 132 valence electrons.